The summed E-state index contributed by atoms with van der Waals surface area (Å²) in [7, 11) is 0. The lowest BCUT2D eigenvalue weighted by Crippen LogP contribution is -2.37. The number of esters is 1. The number of rotatable bonds is 5. The third kappa shape index (κ3) is 3.63. The molecule has 0 unspecified atom stereocenters. The van der Waals surface area contributed by atoms with Gasteiger partial charge in [-0.05, 0) is 25.0 Å². The van der Waals surface area contributed by atoms with Crippen LogP contribution in [0.1, 0.15) is 12.8 Å². The monoisotopic (exact) mass is 360 g/mol. The Kier molecular flexibility index (Phi) is 5.11. The Labute approximate surface area is 148 Å². The summed E-state index contributed by atoms with van der Waals surface area (Å²) in [6, 6.07) is 5.57. The van der Waals surface area contributed by atoms with E-state index in [9.17, 15) is 23.6 Å². The van der Waals surface area contributed by atoms with Crippen molar-refractivity contribution in [2.75, 3.05) is 18.5 Å². The second kappa shape index (κ2) is 7.47. The molecule has 0 aromatic heterocycles. The second-order valence-corrected chi connectivity index (χ2v) is 6.11. The van der Waals surface area contributed by atoms with Gasteiger partial charge in [-0.3, -0.25) is 24.1 Å². The number of anilines is 1. The van der Waals surface area contributed by atoms with E-state index in [-0.39, 0.29) is 5.69 Å². The van der Waals surface area contributed by atoms with E-state index in [4.69, 9.17) is 4.74 Å². The number of likely N-dealkylation sites (tertiary alicyclic amines) is 1. The number of amides is 3. The maximum atomic E-state index is 13.4. The minimum Gasteiger partial charge on any atom is -0.454 e. The van der Waals surface area contributed by atoms with Crippen LogP contribution in [-0.4, -0.2) is 41.7 Å². The number of benzene rings is 1. The van der Waals surface area contributed by atoms with Crippen LogP contribution in [0.25, 0.3) is 0 Å². The molecule has 1 heterocycles. The number of hydrogen-bond donors (Lipinski definition) is 1. The van der Waals surface area contributed by atoms with E-state index in [1.807, 2.05) is 12.2 Å². The fraction of sp³-hybridized carbons (Fsp3) is 0.333. The van der Waals surface area contributed by atoms with Crippen molar-refractivity contribution in [2.45, 2.75) is 12.8 Å². The van der Waals surface area contributed by atoms with Crippen LogP contribution >= 0.6 is 0 Å². The van der Waals surface area contributed by atoms with Gasteiger partial charge < -0.3 is 10.1 Å². The van der Waals surface area contributed by atoms with Crippen LogP contribution in [0.15, 0.2) is 36.4 Å². The summed E-state index contributed by atoms with van der Waals surface area (Å²) < 4.78 is 18.2. The molecular formula is C18H17FN2O5. The van der Waals surface area contributed by atoms with Crippen LogP contribution < -0.4 is 5.32 Å². The molecule has 0 saturated carbocycles. The summed E-state index contributed by atoms with van der Waals surface area (Å²) in [4.78, 5) is 49.0. The first-order chi connectivity index (χ1) is 12.5. The van der Waals surface area contributed by atoms with Crippen molar-refractivity contribution >= 4 is 29.4 Å². The van der Waals surface area contributed by atoms with Crippen molar-refractivity contribution in [3.63, 3.8) is 0 Å². The number of ether oxygens (including phenoxy) is 1. The van der Waals surface area contributed by atoms with Gasteiger partial charge in [0.1, 0.15) is 12.4 Å². The summed E-state index contributed by atoms with van der Waals surface area (Å²) in [5, 5.41) is 2.27. The van der Waals surface area contributed by atoms with Gasteiger partial charge in [0.2, 0.25) is 11.8 Å². The number of hydrogen-bond acceptors (Lipinski definition) is 5. The fourth-order valence-electron chi connectivity index (χ4n) is 3.09. The zero-order valence-corrected chi connectivity index (χ0v) is 13.8. The molecule has 1 aromatic rings. The molecular weight excluding hydrogens is 343 g/mol. The lowest BCUT2D eigenvalue weighted by molar-refractivity contribution is -0.154. The predicted molar refractivity (Wildman–Crippen MR) is 88.1 cm³/mol. The van der Waals surface area contributed by atoms with Crippen molar-refractivity contribution in [3.8, 4) is 0 Å². The predicted octanol–water partition coefficient (Wildman–Crippen LogP) is 1.26. The third-order valence-corrected chi connectivity index (χ3v) is 4.40. The molecule has 1 aliphatic carbocycles. The summed E-state index contributed by atoms with van der Waals surface area (Å²) in [6.07, 6.45) is 4.65. The Morgan fingerprint density at radius 3 is 2.35 bits per heavy atom. The molecule has 2 atom stereocenters. The Hall–Kier alpha value is -3.03. The molecule has 1 saturated heterocycles. The van der Waals surface area contributed by atoms with Gasteiger partial charge in [0.25, 0.3) is 5.91 Å². The fourth-order valence-corrected chi connectivity index (χ4v) is 3.09. The Morgan fingerprint density at radius 2 is 1.73 bits per heavy atom. The number of nitrogens with one attached hydrogen (secondary N) is 1. The van der Waals surface area contributed by atoms with Gasteiger partial charge in [-0.25, -0.2) is 4.39 Å². The van der Waals surface area contributed by atoms with Gasteiger partial charge in [0, 0.05) is 0 Å². The average Bonchev–Trinajstić information content (AvgIpc) is 2.87. The van der Waals surface area contributed by atoms with E-state index in [0.717, 1.165) is 4.90 Å². The Balaban J connectivity index is 1.50. The van der Waals surface area contributed by atoms with E-state index < -0.39 is 54.5 Å². The number of carbonyl (C=O) groups excluding carboxylic acids is 4. The molecule has 0 spiro atoms. The van der Waals surface area contributed by atoms with Crippen molar-refractivity contribution in [1.82, 2.24) is 4.90 Å². The molecule has 3 amide bonds. The number of fused-ring (bicyclic) bond motifs is 1. The molecule has 3 rings (SSSR count). The van der Waals surface area contributed by atoms with Crippen LogP contribution in [0.5, 0.6) is 0 Å². The lowest BCUT2D eigenvalue weighted by atomic mass is 9.85. The number of para-hydroxylation sites is 1. The summed E-state index contributed by atoms with van der Waals surface area (Å²) in [5.41, 5.74) is -0.0324. The molecule has 1 fully saturated rings. The van der Waals surface area contributed by atoms with E-state index in [2.05, 4.69) is 5.32 Å². The highest BCUT2D eigenvalue weighted by Gasteiger charge is 2.47. The molecule has 1 aromatic carbocycles. The molecule has 136 valence electrons. The first-order valence-electron chi connectivity index (χ1n) is 8.17. The molecule has 0 radical (unpaired) electrons. The molecule has 7 nitrogen and oxygen atoms in total. The maximum absolute atomic E-state index is 13.4. The van der Waals surface area contributed by atoms with E-state index in [1.54, 1.807) is 6.07 Å². The van der Waals surface area contributed by atoms with Crippen LogP contribution in [-0.2, 0) is 23.9 Å². The SMILES string of the molecule is O=C(COC(=O)CN1C(=O)[C@@H]2CC=CC[C@H]2C1=O)Nc1ccccc1F. The first-order valence-corrected chi connectivity index (χ1v) is 8.17. The molecule has 2 aliphatic rings. The van der Waals surface area contributed by atoms with E-state index in [1.165, 1.54) is 18.2 Å². The zero-order chi connectivity index (χ0) is 18.7. The largest absolute Gasteiger partial charge is 0.454 e. The highest BCUT2D eigenvalue weighted by Crippen LogP contribution is 2.34. The van der Waals surface area contributed by atoms with Crippen molar-refractivity contribution in [1.29, 1.82) is 0 Å². The van der Waals surface area contributed by atoms with Gasteiger partial charge in [-0.2, -0.15) is 0 Å². The standard InChI is InChI=1S/C18H17FN2O5/c19-13-7-3-4-8-14(13)20-15(22)10-26-16(23)9-21-17(24)11-5-1-2-6-12(11)18(21)25/h1-4,7-8,11-12H,5-6,9-10H2,(H,20,22)/t11-,12-/m1/s1. The smallest absolute Gasteiger partial charge is 0.326 e. The number of halogens is 1. The quantitative estimate of drug-likeness (QED) is 0.485. The maximum Gasteiger partial charge on any atom is 0.326 e. The Morgan fingerprint density at radius 1 is 1.12 bits per heavy atom. The Bertz CT molecular complexity index is 766. The number of carbonyl (C=O) groups is 4. The summed E-state index contributed by atoms with van der Waals surface area (Å²) in [5.74, 6) is -3.84. The van der Waals surface area contributed by atoms with Gasteiger partial charge in [0.15, 0.2) is 6.61 Å². The molecule has 26 heavy (non-hydrogen) atoms. The van der Waals surface area contributed by atoms with Crippen molar-refractivity contribution in [2.24, 2.45) is 11.8 Å². The lowest BCUT2D eigenvalue weighted by Gasteiger charge is -2.14. The number of nitrogens with zero attached hydrogens (tertiary/aromatic N) is 1. The highest BCUT2D eigenvalue weighted by atomic mass is 19.1. The van der Waals surface area contributed by atoms with Gasteiger partial charge in [-0.1, -0.05) is 24.3 Å². The highest BCUT2D eigenvalue weighted by molar-refractivity contribution is 6.07. The molecule has 1 aliphatic heterocycles. The van der Waals surface area contributed by atoms with Crippen LogP contribution in [0.4, 0.5) is 10.1 Å². The van der Waals surface area contributed by atoms with Crippen molar-refractivity contribution in [3.05, 3.63) is 42.2 Å². The van der Waals surface area contributed by atoms with Gasteiger partial charge in [-0.15, -0.1) is 0 Å². The summed E-state index contributed by atoms with van der Waals surface area (Å²) >= 11 is 0. The van der Waals surface area contributed by atoms with Gasteiger partial charge in [0.05, 0.1) is 17.5 Å². The topological polar surface area (TPSA) is 92.8 Å². The molecule has 8 heteroatoms. The number of imide groups is 1. The second-order valence-electron chi connectivity index (χ2n) is 6.11. The summed E-state index contributed by atoms with van der Waals surface area (Å²) in [6.45, 7) is -1.17. The third-order valence-electron chi connectivity index (χ3n) is 4.40. The minimum atomic E-state index is -0.873. The van der Waals surface area contributed by atoms with Crippen LogP contribution in [0.2, 0.25) is 0 Å². The van der Waals surface area contributed by atoms with Crippen molar-refractivity contribution < 1.29 is 28.3 Å². The zero-order valence-electron chi connectivity index (χ0n) is 13.8. The van der Waals surface area contributed by atoms with E-state index in [0.29, 0.717) is 12.8 Å². The van der Waals surface area contributed by atoms with Crippen LogP contribution in [0, 0.1) is 17.7 Å². The number of allylic oxidation sites excluding steroid dienone is 2. The van der Waals surface area contributed by atoms with Crippen LogP contribution in [0.3, 0.4) is 0 Å². The minimum absolute atomic E-state index is 0.0324. The average molecular weight is 360 g/mol. The first kappa shape index (κ1) is 17.8. The van der Waals surface area contributed by atoms with Gasteiger partial charge >= 0.3 is 5.97 Å². The molecule has 1 N–H and O–H groups in total. The normalized spacial score (nSPS) is 21.5. The van der Waals surface area contributed by atoms with E-state index >= 15 is 0 Å². The molecule has 0 bridgehead atoms.